The zero-order valence-corrected chi connectivity index (χ0v) is 8.05. The van der Waals surface area contributed by atoms with Gasteiger partial charge in [-0.3, -0.25) is 4.79 Å². The first-order chi connectivity index (χ1) is 6.07. The van der Waals surface area contributed by atoms with Crippen molar-refractivity contribution in [2.75, 3.05) is 7.11 Å². The molecule has 0 saturated carbocycles. The number of primary amides is 1. The predicted octanol–water partition coefficient (Wildman–Crippen LogP) is 1.41. The van der Waals surface area contributed by atoms with Crippen molar-refractivity contribution in [2.45, 2.75) is 13.8 Å². The summed E-state index contributed by atoms with van der Waals surface area (Å²) >= 11 is 0. The van der Waals surface area contributed by atoms with Crippen LogP contribution in [0, 0.1) is 13.8 Å². The Morgan fingerprint density at radius 3 is 2.46 bits per heavy atom. The third kappa shape index (κ3) is 1.64. The summed E-state index contributed by atoms with van der Waals surface area (Å²) < 4.78 is 5.16. The number of aryl methyl sites for hydroxylation is 1. The molecule has 0 spiro atoms. The molecule has 3 nitrogen and oxygen atoms in total. The fourth-order valence-corrected chi connectivity index (χ4v) is 1.41. The molecule has 0 bridgehead atoms. The summed E-state index contributed by atoms with van der Waals surface area (Å²) in [5, 5.41) is 0. The van der Waals surface area contributed by atoms with Crippen molar-refractivity contribution in [3.63, 3.8) is 0 Å². The average molecular weight is 179 g/mol. The van der Waals surface area contributed by atoms with Crippen molar-refractivity contribution >= 4 is 5.91 Å². The van der Waals surface area contributed by atoms with Gasteiger partial charge in [-0.1, -0.05) is 6.07 Å². The van der Waals surface area contributed by atoms with Crippen molar-refractivity contribution < 1.29 is 9.53 Å². The van der Waals surface area contributed by atoms with Crippen molar-refractivity contribution in [1.29, 1.82) is 0 Å². The molecule has 0 saturated heterocycles. The Balaban J connectivity index is 3.35. The van der Waals surface area contributed by atoms with Crippen LogP contribution in [0.25, 0.3) is 0 Å². The standard InChI is InChI=1S/C10H13NO2/c1-6-4-5-8(10(11)12)7(2)9(6)13-3/h4-5H,1-3H3,(H2,11,12). The van der Waals surface area contributed by atoms with Crippen LogP contribution in [0.2, 0.25) is 0 Å². The number of hydrogen-bond donors (Lipinski definition) is 1. The largest absolute Gasteiger partial charge is 0.496 e. The minimum Gasteiger partial charge on any atom is -0.496 e. The highest BCUT2D eigenvalue weighted by atomic mass is 16.5. The molecule has 0 radical (unpaired) electrons. The molecule has 0 fully saturated rings. The fraction of sp³-hybridized carbons (Fsp3) is 0.300. The number of nitrogens with two attached hydrogens (primary N) is 1. The van der Waals surface area contributed by atoms with Crippen molar-refractivity contribution in [1.82, 2.24) is 0 Å². The molecular formula is C10H13NO2. The third-order valence-electron chi connectivity index (χ3n) is 2.07. The Morgan fingerprint density at radius 1 is 1.38 bits per heavy atom. The minimum absolute atomic E-state index is 0.421. The Morgan fingerprint density at radius 2 is 2.00 bits per heavy atom. The summed E-state index contributed by atoms with van der Waals surface area (Å²) in [5.41, 5.74) is 7.52. The topological polar surface area (TPSA) is 52.3 Å². The molecule has 1 amide bonds. The molecule has 13 heavy (non-hydrogen) atoms. The number of hydrogen-bond acceptors (Lipinski definition) is 2. The van der Waals surface area contributed by atoms with Crippen LogP contribution < -0.4 is 10.5 Å². The van der Waals surface area contributed by atoms with Crippen LogP contribution in [0.3, 0.4) is 0 Å². The zero-order chi connectivity index (χ0) is 10.0. The van der Waals surface area contributed by atoms with E-state index in [0.717, 1.165) is 16.9 Å². The Hall–Kier alpha value is -1.51. The van der Waals surface area contributed by atoms with E-state index in [1.54, 1.807) is 13.2 Å². The normalized spacial score (nSPS) is 9.77. The summed E-state index contributed by atoms with van der Waals surface area (Å²) in [4.78, 5) is 11.0. The Labute approximate surface area is 77.5 Å². The van der Waals surface area contributed by atoms with Gasteiger partial charge in [0.15, 0.2) is 0 Å². The molecule has 0 aromatic heterocycles. The third-order valence-corrected chi connectivity index (χ3v) is 2.07. The fourth-order valence-electron chi connectivity index (χ4n) is 1.41. The van der Waals surface area contributed by atoms with Crippen LogP contribution in [-0.4, -0.2) is 13.0 Å². The van der Waals surface area contributed by atoms with Crippen LogP contribution in [0.5, 0.6) is 5.75 Å². The number of methoxy groups -OCH3 is 1. The van der Waals surface area contributed by atoms with Gasteiger partial charge in [0, 0.05) is 11.1 Å². The molecule has 0 heterocycles. The molecular weight excluding hydrogens is 166 g/mol. The molecule has 3 heteroatoms. The Kier molecular flexibility index (Phi) is 2.56. The van der Waals surface area contributed by atoms with Crippen LogP contribution in [-0.2, 0) is 0 Å². The van der Waals surface area contributed by atoms with Crippen LogP contribution in [0.4, 0.5) is 0 Å². The first kappa shape index (κ1) is 9.58. The van der Waals surface area contributed by atoms with Crippen molar-refractivity contribution in [3.05, 3.63) is 28.8 Å². The highest BCUT2D eigenvalue weighted by molar-refractivity contribution is 5.95. The van der Waals surface area contributed by atoms with E-state index in [-0.39, 0.29) is 0 Å². The van der Waals surface area contributed by atoms with Gasteiger partial charge in [0.2, 0.25) is 5.91 Å². The molecule has 70 valence electrons. The maximum absolute atomic E-state index is 11.0. The van der Waals surface area contributed by atoms with Gasteiger partial charge in [-0.2, -0.15) is 0 Å². The second kappa shape index (κ2) is 3.47. The van der Waals surface area contributed by atoms with E-state index in [4.69, 9.17) is 10.5 Å². The Bertz CT molecular complexity index is 345. The number of amides is 1. The van der Waals surface area contributed by atoms with E-state index >= 15 is 0 Å². The van der Waals surface area contributed by atoms with Crippen LogP contribution >= 0.6 is 0 Å². The molecule has 0 aliphatic heterocycles. The molecule has 1 aromatic rings. The summed E-state index contributed by atoms with van der Waals surface area (Å²) in [5.74, 6) is 0.312. The molecule has 0 atom stereocenters. The molecule has 1 aromatic carbocycles. The van der Waals surface area contributed by atoms with E-state index in [9.17, 15) is 4.79 Å². The summed E-state index contributed by atoms with van der Waals surface area (Å²) in [6.07, 6.45) is 0. The molecule has 1 rings (SSSR count). The first-order valence-corrected chi connectivity index (χ1v) is 4.02. The highest BCUT2D eigenvalue weighted by Crippen LogP contribution is 2.25. The zero-order valence-electron chi connectivity index (χ0n) is 8.05. The van der Waals surface area contributed by atoms with Gasteiger partial charge in [-0.25, -0.2) is 0 Å². The molecule has 0 aliphatic carbocycles. The number of ether oxygens (including phenoxy) is 1. The lowest BCUT2D eigenvalue weighted by Crippen LogP contribution is -2.13. The van der Waals surface area contributed by atoms with Gasteiger partial charge in [-0.15, -0.1) is 0 Å². The predicted molar refractivity (Wildman–Crippen MR) is 51.0 cm³/mol. The van der Waals surface area contributed by atoms with Gasteiger partial charge >= 0.3 is 0 Å². The SMILES string of the molecule is COc1c(C)ccc(C(N)=O)c1C. The summed E-state index contributed by atoms with van der Waals surface area (Å²) in [6, 6.07) is 3.54. The van der Waals surface area contributed by atoms with E-state index < -0.39 is 5.91 Å². The van der Waals surface area contributed by atoms with Crippen LogP contribution in [0.15, 0.2) is 12.1 Å². The summed E-state index contributed by atoms with van der Waals surface area (Å²) in [7, 11) is 1.58. The second-order valence-electron chi connectivity index (χ2n) is 2.95. The molecule has 0 aliphatic rings. The van der Waals surface area contributed by atoms with Gasteiger partial charge in [0.25, 0.3) is 0 Å². The summed E-state index contributed by atoms with van der Waals surface area (Å²) in [6.45, 7) is 3.75. The lowest BCUT2D eigenvalue weighted by atomic mass is 10.0. The van der Waals surface area contributed by atoms with Gasteiger partial charge in [-0.05, 0) is 25.5 Å². The smallest absolute Gasteiger partial charge is 0.249 e. The van der Waals surface area contributed by atoms with E-state index in [2.05, 4.69) is 0 Å². The van der Waals surface area contributed by atoms with E-state index in [1.807, 2.05) is 19.9 Å². The average Bonchev–Trinajstić information content (AvgIpc) is 2.04. The van der Waals surface area contributed by atoms with Gasteiger partial charge in [0.1, 0.15) is 5.75 Å². The van der Waals surface area contributed by atoms with Crippen molar-refractivity contribution in [2.24, 2.45) is 5.73 Å². The van der Waals surface area contributed by atoms with E-state index in [1.165, 1.54) is 0 Å². The number of benzene rings is 1. The second-order valence-corrected chi connectivity index (χ2v) is 2.95. The lowest BCUT2D eigenvalue weighted by molar-refractivity contribution is 0.0999. The number of carbonyl (C=O) groups excluding carboxylic acids is 1. The monoisotopic (exact) mass is 179 g/mol. The lowest BCUT2D eigenvalue weighted by Gasteiger charge is -2.10. The minimum atomic E-state index is -0.421. The number of carbonyl (C=O) groups is 1. The van der Waals surface area contributed by atoms with Crippen molar-refractivity contribution in [3.8, 4) is 5.75 Å². The first-order valence-electron chi connectivity index (χ1n) is 4.02. The molecule has 2 N–H and O–H groups in total. The van der Waals surface area contributed by atoms with E-state index in [0.29, 0.717) is 5.56 Å². The quantitative estimate of drug-likeness (QED) is 0.746. The molecule has 0 unspecified atom stereocenters. The maximum atomic E-state index is 11.0. The highest BCUT2D eigenvalue weighted by Gasteiger charge is 2.10. The van der Waals surface area contributed by atoms with Gasteiger partial charge in [0.05, 0.1) is 7.11 Å². The van der Waals surface area contributed by atoms with Gasteiger partial charge < -0.3 is 10.5 Å². The van der Waals surface area contributed by atoms with Crippen LogP contribution in [0.1, 0.15) is 21.5 Å². The maximum Gasteiger partial charge on any atom is 0.249 e. The number of rotatable bonds is 2.